The fourth-order valence-corrected chi connectivity index (χ4v) is 5.00. The van der Waals surface area contributed by atoms with Gasteiger partial charge >= 0.3 is 0 Å². The topological polar surface area (TPSA) is 79.0 Å². The number of carbonyl (C=O) groups excluding carboxylic acids is 1. The third kappa shape index (κ3) is 6.25. The number of amides is 1. The van der Waals surface area contributed by atoms with Crippen molar-refractivity contribution in [3.05, 3.63) is 61.0 Å². The fraction of sp³-hybridized carbons (Fsp3) is 0.435. The van der Waals surface area contributed by atoms with Gasteiger partial charge in [0, 0.05) is 38.8 Å². The number of primary amides is 1. The first kappa shape index (κ1) is 26.4. The summed E-state index contributed by atoms with van der Waals surface area (Å²) in [4.78, 5) is 16.6. The van der Waals surface area contributed by atoms with E-state index in [0.717, 1.165) is 16.7 Å². The molecular weight excluding hydrogens is 508 g/mol. The first-order valence-electron chi connectivity index (χ1n) is 10.6. The minimum absolute atomic E-state index is 0.0144. The Morgan fingerprint density at radius 1 is 1.06 bits per heavy atom. The van der Waals surface area contributed by atoms with Crippen LogP contribution in [-0.2, 0) is 4.79 Å². The van der Waals surface area contributed by atoms with Gasteiger partial charge in [0.25, 0.3) is 0 Å². The zero-order valence-corrected chi connectivity index (χ0v) is 21.5. The number of piperazine rings is 1. The average molecular weight is 535 g/mol. The number of benzene rings is 2. The molecule has 180 valence electrons. The Hall–Kier alpha value is -1.25. The maximum Gasteiger partial charge on any atom is 0.239 e. The van der Waals surface area contributed by atoms with Crippen molar-refractivity contribution in [2.24, 2.45) is 5.73 Å². The second kappa shape index (κ2) is 11.5. The number of β-amino-alcohol motifs (C(OH)–C–C–N with tert-alkyl or cyclic N) is 1. The van der Waals surface area contributed by atoms with Crippen LogP contribution in [0.1, 0.15) is 22.7 Å². The molecule has 2 atom stereocenters. The van der Waals surface area contributed by atoms with Crippen molar-refractivity contribution in [1.82, 2.24) is 9.80 Å². The van der Waals surface area contributed by atoms with Crippen LogP contribution in [0.15, 0.2) is 24.3 Å². The minimum Gasteiger partial charge on any atom is -0.489 e. The lowest BCUT2D eigenvalue weighted by Gasteiger charge is -2.39. The largest absolute Gasteiger partial charge is 0.489 e. The number of aryl methyl sites for hydroxylation is 2. The van der Waals surface area contributed by atoms with Crippen molar-refractivity contribution in [3.8, 4) is 5.75 Å². The zero-order chi connectivity index (χ0) is 24.3. The first-order valence-corrected chi connectivity index (χ1v) is 12.1. The van der Waals surface area contributed by atoms with Crippen molar-refractivity contribution >= 4 is 52.3 Å². The highest BCUT2D eigenvalue weighted by Gasteiger charge is 2.31. The molecule has 2 aromatic rings. The van der Waals surface area contributed by atoms with Crippen LogP contribution in [0.5, 0.6) is 5.75 Å². The van der Waals surface area contributed by atoms with Crippen LogP contribution in [-0.4, -0.2) is 66.2 Å². The molecule has 0 saturated carbocycles. The highest BCUT2D eigenvalue weighted by atomic mass is 35.5. The van der Waals surface area contributed by atoms with Gasteiger partial charge in [0.1, 0.15) is 29.5 Å². The molecule has 0 aliphatic carbocycles. The van der Waals surface area contributed by atoms with Crippen molar-refractivity contribution < 1.29 is 14.6 Å². The summed E-state index contributed by atoms with van der Waals surface area (Å²) in [6, 6.07) is 6.98. The van der Waals surface area contributed by atoms with E-state index in [4.69, 9.17) is 56.9 Å². The summed E-state index contributed by atoms with van der Waals surface area (Å²) in [7, 11) is 0. The predicted octanol–water partition coefficient (Wildman–Crippen LogP) is 4.50. The van der Waals surface area contributed by atoms with Crippen LogP contribution in [0, 0.1) is 13.8 Å². The number of nitrogens with two attached hydrogens (primary N) is 1. The molecule has 3 rings (SSSR count). The van der Waals surface area contributed by atoms with Crippen LogP contribution in [0.3, 0.4) is 0 Å². The Bertz CT molecular complexity index is 993. The Labute approximate surface area is 214 Å². The van der Waals surface area contributed by atoms with Gasteiger partial charge in [-0.25, -0.2) is 0 Å². The molecule has 1 fully saturated rings. The molecule has 2 unspecified atom stereocenters. The molecule has 1 aliphatic heterocycles. The van der Waals surface area contributed by atoms with Gasteiger partial charge in [-0.2, -0.15) is 0 Å². The molecule has 0 aromatic heterocycles. The summed E-state index contributed by atoms with van der Waals surface area (Å²) in [5.74, 6) is -0.0933. The quantitative estimate of drug-likeness (QED) is 0.385. The van der Waals surface area contributed by atoms with E-state index in [2.05, 4.69) is 9.80 Å². The summed E-state index contributed by atoms with van der Waals surface area (Å²) in [6.07, 6.45) is -0.758. The van der Waals surface area contributed by atoms with Crippen molar-refractivity contribution in [1.29, 1.82) is 0 Å². The van der Waals surface area contributed by atoms with Crippen molar-refractivity contribution in [2.45, 2.75) is 26.0 Å². The van der Waals surface area contributed by atoms with Gasteiger partial charge in [0.2, 0.25) is 5.91 Å². The molecule has 1 saturated heterocycles. The first-order chi connectivity index (χ1) is 15.6. The van der Waals surface area contributed by atoms with E-state index in [9.17, 15) is 9.90 Å². The zero-order valence-electron chi connectivity index (χ0n) is 18.5. The van der Waals surface area contributed by atoms with E-state index in [1.54, 1.807) is 0 Å². The van der Waals surface area contributed by atoms with E-state index >= 15 is 0 Å². The van der Waals surface area contributed by atoms with E-state index < -0.39 is 12.1 Å². The van der Waals surface area contributed by atoms with Crippen LogP contribution < -0.4 is 10.5 Å². The molecule has 33 heavy (non-hydrogen) atoms. The van der Waals surface area contributed by atoms with Gasteiger partial charge in [-0.05, 0) is 30.5 Å². The normalized spacial score (nSPS) is 17.1. The number of hydrogen-bond donors (Lipinski definition) is 2. The molecule has 0 spiro atoms. The van der Waals surface area contributed by atoms with E-state index in [1.807, 2.05) is 32.0 Å². The highest BCUT2D eigenvalue weighted by Crippen LogP contribution is 2.42. The number of aliphatic hydroxyl groups is 1. The molecule has 0 bridgehead atoms. The van der Waals surface area contributed by atoms with E-state index in [0.29, 0.717) is 32.7 Å². The molecule has 10 heteroatoms. The third-order valence-corrected chi connectivity index (χ3v) is 7.56. The number of carbonyl (C=O) groups is 1. The lowest BCUT2D eigenvalue weighted by atomic mass is 9.94. The molecule has 2 aromatic carbocycles. The molecule has 0 radical (unpaired) electrons. The molecule has 1 heterocycles. The van der Waals surface area contributed by atoms with Gasteiger partial charge in [0.05, 0.1) is 15.1 Å². The number of rotatable bonds is 8. The molecule has 1 aliphatic rings. The monoisotopic (exact) mass is 533 g/mol. The average Bonchev–Trinajstić information content (AvgIpc) is 2.77. The summed E-state index contributed by atoms with van der Waals surface area (Å²) < 4.78 is 5.62. The maximum atomic E-state index is 12.4. The predicted molar refractivity (Wildman–Crippen MR) is 134 cm³/mol. The number of halogens is 4. The van der Waals surface area contributed by atoms with Crippen molar-refractivity contribution in [2.75, 3.05) is 39.3 Å². The second-order valence-electron chi connectivity index (χ2n) is 8.21. The third-order valence-electron chi connectivity index (χ3n) is 5.83. The van der Waals surface area contributed by atoms with Crippen LogP contribution in [0.25, 0.3) is 0 Å². The fourth-order valence-electron chi connectivity index (χ4n) is 4.16. The summed E-state index contributed by atoms with van der Waals surface area (Å²) >= 11 is 24.2. The standard InChI is InChI=1S/C23H27Cl4N3O3/c1-13-4-3-5-14(2)18(13)22(23(28)32)30-8-6-29(7-9-30)11-15(31)12-33-17-10-16(24)19(25)21(27)20(17)26/h3-5,10,15,22,31H,6-9,11-12H2,1-2H3,(H2,28,32). The van der Waals surface area contributed by atoms with E-state index in [1.165, 1.54) is 6.07 Å². The minimum atomic E-state index is -0.758. The van der Waals surface area contributed by atoms with Gasteiger partial charge in [0.15, 0.2) is 0 Å². The Kier molecular flexibility index (Phi) is 9.15. The van der Waals surface area contributed by atoms with Crippen molar-refractivity contribution in [3.63, 3.8) is 0 Å². The van der Waals surface area contributed by atoms with Crippen LogP contribution in [0.4, 0.5) is 0 Å². The van der Waals surface area contributed by atoms with Crippen LogP contribution >= 0.6 is 46.4 Å². The summed E-state index contributed by atoms with van der Waals surface area (Å²) in [6.45, 7) is 7.10. The lowest BCUT2D eigenvalue weighted by Crippen LogP contribution is -2.52. The Balaban J connectivity index is 1.56. The van der Waals surface area contributed by atoms with Gasteiger partial charge in [-0.1, -0.05) is 64.6 Å². The molecule has 1 amide bonds. The number of nitrogens with zero attached hydrogens (tertiary/aromatic N) is 2. The second-order valence-corrected chi connectivity index (χ2v) is 9.75. The number of aliphatic hydroxyl groups excluding tert-OH is 1. The van der Waals surface area contributed by atoms with Gasteiger partial charge < -0.3 is 15.6 Å². The van der Waals surface area contributed by atoms with Gasteiger partial charge in [-0.15, -0.1) is 0 Å². The molecule has 3 N–H and O–H groups in total. The Morgan fingerprint density at radius 3 is 2.24 bits per heavy atom. The maximum absolute atomic E-state index is 12.4. The lowest BCUT2D eigenvalue weighted by molar-refractivity contribution is -0.124. The molecular formula is C23H27Cl4N3O3. The summed E-state index contributed by atoms with van der Waals surface area (Å²) in [5, 5.41) is 11.1. The number of ether oxygens (including phenoxy) is 1. The smallest absolute Gasteiger partial charge is 0.239 e. The summed E-state index contributed by atoms with van der Waals surface area (Å²) in [5.41, 5.74) is 8.88. The Morgan fingerprint density at radius 2 is 1.67 bits per heavy atom. The SMILES string of the molecule is Cc1cccc(C)c1C(C(N)=O)N1CCN(CC(O)COc2cc(Cl)c(Cl)c(Cl)c2Cl)CC1. The van der Waals surface area contributed by atoms with Crippen LogP contribution in [0.2, 0.25) is 20.1 Å². The molecule has 6 nitrogen and oxygen atoms in total. The number of hydrogen-bond acceptors (Lipinski definition) is 5. The highest BCUT2D eigenvalue weighted by molar-refractivity contribution is 6.52. The van der Waals surface area contributed by atoms with E-state index in [-0.39, 0.29) is 38.4 Å². The van der Waals surface area contributed by atoms with Gasteiger partial charge in [-0.3, -0.25) is 14.6 Å².